The van der Waals surface area contributed by atoms with Gasteiger partial charge in [-0.05, 0) is 34.7 Å². The lowest BCUT2D eigenvalue weighted by atomic mass is 9.99. The SMILES string of the molecule is CC1CCN(c2oc(C#N)cc2Br)CC1. The third-order valence-corrected chi connectivity index (χ3v) is 3.42. The number of nitrogens with zero attached hydrogens (tertiary/aromatic N) is 2. The van der Waals surface area contributed by atoms with E-state index in [1.165, 1.54) is 12.8 Å². The van der Waals surface area contributed by atoms with Crippen molar-refractivity contribution < 1.29 is 4.42 Å². The molecule has 0 radical (unpaired) electrons. The average molecular weight is 269 g/mol. The van der Waals surface area contributed by atoms with Crippen molar-refractivity contribution in [2.75, 3.05) is 18.0 Å². The molecule has 3 nitrogen and oxygen atoms in total. The number of hydrogen-bond acceptors (Lipinski definition) is 3. The first kappa shape index (κ1) is 10.6. The molecule has 0 saturated carbocycles. The van der Waals surface area contributed by atoms with Crippen LogP contribution in [0.3, 0.4) is 0 Å². The summed E-state index contributed by atoms with van der Waals surface area (Å²) in [5.74, 6) is 1.97. The summed E-state index contributed by atoms with van der Waals surface area (Å²) in [5.41, 5.74) is 0. The summed E-state index contributed by atoms with van der Waals surface area (Å²) in [7, 11) is 0. The zero-order valence-corrected chi connectivity index (χ0v) is 10.2. The number of furan rings is 1. The maximum Gasteiger partial charge on any atom is 0.211 e. The Morgan fingerprint density at radius 1 is 1.53 bits per heavy atom. The second-order valence-electron chi connectivity index (χ2n) is 4.05. The van der Waals surface area contributed by atoms with Gasteiger partial charge in [0.15, 0.2) is 0 Å². The van der Waals surface area contributed by atoms with Crippen LogP contribution in [0.4, 0.5) is 5.88 Å². The molecular weight excluding hydrogens is 256 g/mol. The number of anilines is 1. The van der Waals surface area contributed by atoms with E-state index < -0.39 is 0 Å². The van der Waals surface area contributed by atoms with Crippen molar-refractivity contribution >= 4 is 21.8 Å². The van der Waals surface area contributed by atoms with E-state index in [1.54, 1.807) is 6.07 Å². The number of piperidine rings is 1. The summed E-state index contributed by atoms with van der Waals surface area (Å²) < 4.78 is 6.34. The molecule has 0 spiro atoms. The summed E-state index contributed by atoms with van der Waals surface area (Å²) >= 11 is 3.42. The quantitative estimate of drug-likeness (QED) is 0.786. The standard InChI is InChI=1S/C11H13BrN2O/c1-8-2-4-14(5-3-8)11-10(12)6-9(7-13)15-11/h6,8H,2-5H2,1H3. The van der Waals surface area contributed by atoms with Crippen LogP contribution in [-0.2, 0) is 0 Å². The van der Waals surface area contributed by atoms with Crippen LogP contribution in [-0.4, -0.2) is 13.1 Å². The van der Waals surface area contributed by atoms with Gasteiger partial charge in [0.1, 0.15) is 6.07 Å². The van der Waals surface area contributed by atoms with Crippen molar-refractivity contribution in [2.24, 2.45) is 5.92 Å². The second kappa shape index (κ2) is 4.28. The van der Waals surface area contributed by atoms with E-state index in [0.29, 0.717) is 5.76 Å². The zero-order chi connectivity index (χ0) is 10.8. The van der Waals surface area contributed by atoms with Gasteiger partial charge in [0, 0.05) is 19.2 Å². The molecule has 1 aromatic rings. The third kappa shape index (κ3) is 2.18. The molecule has 0 aliphatic carbocycles. The number of halogens is 1. The Bertz CT molecular complexity index is 386. The van der Waals surface area contributed by atoms with Crippen LogP contribution >= 0.6 is 15.9 Å². The van der Waals surface area contributed by atoms with Crippen molar-refractivity contribution in [3.05, 3.63) is 16.3 Å². The molecule has 2 rings (SSSR count). The number of hydrogen-bond donors (Lipinski definition) is 0. The fourth-order valence-corrected chi connectivity index (χ4v) is 2.38. The van der Waals surface area contributed by atoms with Gasteiger partial charge in [-0.2, -0.15) is 5.26 Å². The zero-order valence-electron chi connectivity index (χ0n) is 8.66. The highest BCUT2D eigenvalue weighted by Gasteiger charge is 2.21. The predicted molar refractivity (Wildman–Crippen MR) is 61.7 cm³/mol. The Kier molecular flexibility index (Phi) is 3.01. The molecule has 0 amide bonds. The molecule has 0 aromatic carbocycles. The maximum atomic E-state index is 8.73. The monoisotopic (exact) mass is 268 g/mol. The molecule has 1 aliphatic heterocycles. The summed E-state index contributed by atoms with van der Waals surface area (Å²) in [4.78, 5) is 2.20. The minimum Gasteiger partial charge on any atom is -0.429 e. The van der Waals surface area contributed by atoms with E-state index in [1.807, 2.05) is 6.07 Å². The first-order valence-electron chi connectivity index (χ1n) is 5.15. The van der Waals surface area contributed by atoms with E-state index >= 15 is 0 Å². The topological polar surface area (TPSA) is 40.2 Å². The predicted octanol–water partition coefficient (Wildman–Crippen LogP) is 3.15. The van der Waals surface area contributed by atoms with Gasteiger partial charge >= 0.3 is 0 Å². The van der Waals surface area contributed by atoms with Crippen molar-refractivity contribution in [1.29, 1.82) is 5.26 Å². The Balaban J connectivity index is 2.16. The minimum atomic E-state index is 0.371. The number of nitriles is 1. The van der Waals surface area contributed by atoms with Crippen molar-refractivity contribution in [2.45, 2.75) is 19.8 Å². The van der Waals surface area contributed by atoms with E-state index in [9.17, 15) is 0 Å². The van der Waals surface area contributed by atoms with Crippen LogP contribution < -0.4 is 4.90 Å². The van der Waals surface area contributed by atoms with Crippen molar-refractivity contribution in [3.8, 4) is 6.07 Å². The Morgan fingerprint density at radius 3 is 2.73 bits per heavy atom. The van der Waals surface area contributed by atoms with Gasteiger partial charge in [0.05, 0.1) is 4.47 Å². The van der Waals surface area contributed by atoms with Gasteiger partial charge in [0.25, 0.3) is 0 Å². The summed E-state index contributed by atoms with van der Waals surface area (Å²) in [5, 5.41) is 8.73. The van der Waals surface area contributed by atoms with Crippen LogP contribution in [0.5, 0.6) is 0 Å². The second-order valence-corrected chi connectivity index (χ2v) is 4.90. The minimum absolute atomic E-state index is 0.371. The van der Waals surface area contributed by atoms with Gasteiger partial charge in [0.2, 0.25) is 11.6 Å². The molecule has 1 fully saturated rings. The molecule has 0 unspecified atom stereocenters. The molecule has 1 aromatic heterocycles. The third-order valence-electron chi connectivity index (χ3n) is 2.85. The highest BCUT2D eigenvalue weighted by atomic mass is 79.9. The highest BCUT2D eigenvalue weighted by Crippen LogP contribution is 2.32. The van der Waals surface area contributed by atoms with Crippen LogP contribution in [0, 0.1) is 17.2 Å². The van der Waals surface area contributed by atoms with Crippen molar-refractivity contribution in [1.82, 2.24) is 0 Å². The van der Waals surface area contributed by atoms with Crippen LogP contribution in [0.1, 0.15) is 25.5 Å². The van der Waals surface area contributed by atoms with E-state index in [-0.39, 0.29) is 0 Å². The molecule has 4 heteroatoms. The van der Waals surface area contributed by atoms with E-state index in [2.05, 4.69) is 27.8 Å². The number of rotatable bonds is 1. The van der Waals surface area contributed by atoms with Gasteiger partial charge in [-0.15, -0.1) is 0 Å². The average Bonchev–Trinajstić information content (AvgIpc) is 2.61. The largest absolute Gasteiger partial charge is 0.429 e. The Labute approximate surface area is 97.8 Å². The normalized spacial score (nSPS) is 17.8. The molecule has 0 atom stereocenters. The lowest BCUT2D eigenvalue weighted by molar-refractivity contribution is 0.415. The molecule has 0 N–H and O–H groups in total. The molecule has 80 valence electrons. The van der Waals surface area contributed by atoms with Crippen LogP contribution in [0.25, 0.3) is 0 Å². The van der Waals surface area contributed by atoms with E-state index in [4.69, 9.17) is 9.68 Å². The molecule has 15 heavy (non-hydrogen) atoms. The summed E-state index contributed by atoms with van der Waals surface area (Å²) in [6, 6.07) is 3.74. The molecule has 2 heterocycles. The van der Waals surface area contributed by atoms with Gasteiger partial charge < -0.3 is 9.32 Å². The Morgan fingerprint density at radius 2 is 2.20 bits per heavy atom. The lowest BCUT2D eigenvalue weighted by Crippen LogP contribution is -2.32. The Hall–Kier alpha value is -0.950. The fourth-order valence-electron chi connectivity index (χ4n) is 1.84. The van der Waals surface area contributed by atoms with Crippen LogP contribution in [0.2, 0.25) is 0 Å². The first-order chi connectivity index (χ1) is 7.20. The van der Waals surface area contributed by atoms with Gasteiger partial charge in [-0.25, -0.2) is 0 Å². The molecular formula is C11H13BrN2O. The fraction of sp³-hybridized carbons (Fsp3) is 0.545. The molecule has 0 bridgehead atoms. The maximum absolute atomic E-state index is 8.73. The molecule has 1 saturated heterocycles. The summed E-state index contributed by atoms with van der Waals surface area (Å²) in [6.07, 6.45) is 2.38. The summed E-state index contributed by atoms with van der Waals surface area (Å²) in [6.45, 7) is 4.30. The van der Waals surface area contributed by atoms with Gasteiger partial charge in [-0.1, -0.05) is 6.92 Å². The molecule has 1 aliphatic rings. The van der Waals surface area contributed by atoms with E-state index in [0.717, 1.165) is 29.4 Å². The van der Waals surface area contributed by atoms with Crippen molar-refractivity contribution in [3.63, 3.8) is 0 Å². The van der Waals surface area contributed by atoms with Crippen LogP contribution in [0.15, 0.2) is 15.0 Å². The first-order valence-corrected chi connectivity index (χ1v) is 5.94. The lowest BCUT2D eigenvalue weighted by Gasteiger charge is -2.30. The highest BCUT2D eigenvalue weighted by molar-refractivity contribution is 9.10. The smallest absolute Gasteiger partial charge is 0.211 e. The van der Waals surface area contributed by atoms with Gasteiger partial charge in [-0.3, -0.25) is 0 Å².